The molecule has 0 unspecified atom stereocenters. The number of hydrogen-bond acceptors (Lipinski definition) is 5. The highest BCUT2D eigenvalue weighted by Gasteiger charge is 2.02. The van der Waals surface area contributed by atoms with E-state index >= 15 is 0 Å². The summed E-state index contributed by atoms with van der Waals surface area (Å²) in [6, 6.07) is 15.8. The van der Waals surface area contributed by atoms with Crippen molar-refractivity contribution in [2.75, 3.05) is 7.11 Å². The van der Waals surface area contributed by atoms with Crippen LogP contribution >= 0.6 is 0 Å². The van der Waals surface area contributed by atoms with Crippen LogP contribution in [0.4, 0.5) is 0 Å². The van der Waals surface area contributed by atoms with Gasteiger partial charge in [-0.15, -0.1) is 0 Å². The summed E-state index contributed by atoms with van der Waals surface area (Å²) in [7, 11) is 1.43. The molecule has 0 heterocycles. The van der Waals surface area contributed by atoms with E-state index in [1.165, 1.54) is 13.2 Å². The number of ether oxygens (including phenoxy) is 1. The van der Waals surface area contributed by atoms with Crippen molar-refractivity contribution in [2.24, 2.45) is 0 Å². The second kappa shape index (κ2) is 8.16. The van der Waals surface area contributed by atoms with Gasteiger partial charge in [-0.2, -0.15) is 0 Å². The van der Waals surface area contributed by atoms with Crippen LogP contribution < -0.4 is 14.9 Å². The molecular weight excluding hydrogens is 332 g/mol. The topological polar surface area (TPSA) is 89.5 Å². The maximum atomic E-state index is 10.6. The minimum absolute atomic E-state index is 0.0949. The lowest BCUT2D eigenvalue weighted by atomic mass is 10.1. The monoisotopic (exact) mass is 350 g/mol. The number of carbonyl (C=O) groups excluding carboxylic acids is 2. The SMILES string of the molecule is COc1ccc(C)cc1C(=O)[O-].Cc1ccc2ccc(C(=O)[O-])cc2c1. The van der Waals surface area contributed by atoms with Crippen LogP contribution in [0.15, 0.2) is 54.6 Å². The second-order valence-electron chi connectivity index (χ2n) is 5.84. The van der Waals surface area contributed by atoms with Gasteiger partial charge >= 0.3 is 0 Å². The van der Waals surface area contributed by atoms with Crippen LogP contribution in [0.3, 0.4) is 0 Å². The van der Waals surface area contributed by atoms with Gasteiger partial charge in [0.2, 0.25) is 0 Å². The lowest BCUT2D eigenvalue weighted by molar-refractivity contribution is -0.256. The first-order valence-corrected chi connectivity index (χ1v) is 7.89. The van der Waals surface area contributed by atoms with Crippen LogP contribution in [-0.2, 0) is 0 Å². The van der Waals surface area contributed by atoms with E-state index in [4.69, 9.17) is 4.74 Å². The Kier molecular flexibility index (Phi) is 5.96. The third-order valence-corrected chi connectivity index (χ3v) is 3.81. The second-order valence-corrected chi connectivity index (χ2v) is 5.84. The molecule has 0 spiro atoms. The molecule has 0 radical (unpaired) electrons. The fraction of sp³-hybridized carbons (Fsp3) is 0.143. The summed E-state index contributed by atoms with van der Waals surface area (Å²) in [5.74, 6) is -2.01. The molecule has 26 heavy (non-hydrogen) atoms. The molecule has 0 saturated carbocycles. The van der Waals surface area contributed by atoms with Crippen molar-refractivity contribution < 1.29 is 24.5 Å². The first kappa shape index (κ1) is 19.0. The average Bonchev–Trinajstić information content (AvgIpc) is 2.61. The van der Waals surface area contributed by atoms with E-state index in [0.717, 1.165) is 21.9 Å². The number of methoxy groups -OCH3 is 1. The van der Waals surface area contributed by atoms with Gasteiger partial charge in [0.1, 0.15) is 5.75 Å². The third kappa shape index (κ3) is 4.60. The van der Waals surface area contributed by atoms with Crippen molar-refractivity contribution in [3.8, 4) is 5.75 Å². The Balaban J connectivity index is 0.000000190. The lowest BCUT2D eigenvalue weighted by Gasteiger charge is -2.09. The molecule has 0 aromatic heterocycles. The number of fused-ring (bicyclic) bond motifs is 1. The fourth-order valence-corrected chi connectivity index (χ4v) is 2.47. The van der Waals surface area contributed by atoms with Crippen LogP contribution in [0.1, 0.15) is 31.8 Å². The zero-order valence-electron chi connectivity index (χ0n) is 14.7. The summed E-state index contributed by atoms with van der Waals surface area (Å²) in [6.45, 7) is 3.79. The Bertz CT molecular complexity index is 960. The van der Waals surface area contributed by atoms with Crippen molar-refractivity contribution in [2.45, 2.75) is 13.8 Å². The van der Waals surface area contributed by atoms with E-state index in [1.54, 1.807) is 30.3 Å². The van der Waals surface area contributed by atoms with Crippen LogP contribution in [0, 0.1) is 13.8 Å². The quantitative estimate of drug-likeness (QED) is 0.719. The van der Waals surface area contributed by atoms with Crippen LogP contribution in [-0.4, -0.2) is 19.0 Å². The first-order valence-electron chi connectivity index (χ1n) is 7.89. The molecule has 3 aromatic carbocycles. The van der Waals surface area contributed by atoms with Gasteiger partial charge in [0.15, 0.2) is 0 Å². The summed E-state index contributed by atoms with van der Waals surface area (Å²) < 4.78 is 4.84. The zero-order chi connectivity index (χ0) is 19.3. The van der Waals surface area contributed by atoms with Gasteiger partial charge < -0.3 is 24.5 Å². The normalized spacial score (nSPS) is 9.96. The molecule has 0 aliphatic heterocycles. The summed E-state index contributed by atoms with van der Waals surface area (Å²) in [5.41, 5.74) is 2.31. The predicted molar refractivity (Wildman–Crippen MR) is 95.1 cm³/mol. The Labute approximate surface area is 151 Å². The maximum absolute atomic E-state index is 10.6. The molecule has 3 aromatic rings. The van der Waals surface area contributed by atoms with E-state index in [-0.39, 0.29) is 11.1 Å². The lowest BCUT2D eigenvalue weighted by Crippen LogP contribution is -2.23. The molecule has 5 heteroatoms. The third-order valence-electron chi connectivity index (χ3n) is 3.81. The van der Waals surface area contributed by atoms with E-state index in [9.17, 15) is 19.8 Å². The van der Waals surface area contributed by atoms with Gasteiger partial charge in [-0.1, -0.05) is 47.5 Å². The number of carboxylic acid groups (broad SMARTS) is 2. The van der Waals surface area contributed by atoms with Crippen LogP contribution in [0.2, 0.25) is 0 Å². The van der Waals surface area contributed by atoms with E-state index in [0.29, 0.717) is 5.75 Å². The van der Waals surface area contributed by atoms with Crippen molar-refractivity contribution in [1.82, 2.24) is 0 Å². The highest BCUT2D eigenvalue weighted by Crippen LogP contribution is 2.18. The van der Waals surface area contributed by atoms with Crippen LogP contribution in [0.5, 0.6) is 5.75 Å². The molecule has 0 atom stereocenters. The number of benzene rings is 3. The highest BCUT2D eigenvalue weighted by atomic mass is 16.5. The smallest absolute Gasteiger partial charge is 0.127 e. The minimum Gasteiger partial charge on any atom is -0.545 e. The summed E-state index contributed by atoms with van der Waals surface area (Å²) in [5, 5.41) is 23.1. The average molecular weight is 350 g/mol. The van der Waals surface area contributed by atoms with Crippen molar-refractivity contribution >= 4 is 22.7 Å². The number of aryl methyl sites for hydroxylation is 2. The largest absolute Gasteiger partial charge is 0.545 e. The fourth-order valence-electron chi connectivity index (χ4n) is 2.47. The van der Waals surface area contributed by atoms with Crippen molar-refractivity contribution in [3.63, 3.8) is 0 Å². The molecule has 134 valence electrons. The molecule has 0 aliphatic carbocycles. The standard InChI is InChI=1S/C12H10O2.C9H10O3/c1-8-2-3-9-4-5-10(12(13)14)7-11(9)6-8;1-6-3-4-8(12-2)7(5-6)9(10)11/h2-7H,1H3,(H,13,14);3-5H,1-2H3,(H,10,11)/p-2. The molecule has 0 N–H and O–H groups in total. The summed E-state index contributed by atoms with van der Waals surface area (Å²) in [4.78, 5) is 21.2. The van der Waals surface area contributed by atoms with Crippen molar-refractivity contribution in [1.29, 1.82) is 0 Å². The number of rotatable bonds is 3. The van der Waals surface area contributed by atoms with E-state index in [2.05, 4.69) is 0 Å². The molecule has 0 bridgehead atoms. The van der Waals surface area contributed by atoms with Gasteiger partial charge in [-0.3, -0.25) is 0 Å². The van der Waals surface area contributed by atoms with Gasteiger partial charge in [-0.25, -0.2) is 0 Å². The molecule has 3 rings (SSSR count). The van der Waals surface area contributed by atoms with Crippen LogP contribution in [0.25, 0.3) is 10.8 Å². The summed E-state index contributed by atoms with van der Waals surface area (Å²) >= 11 is 0. The molecule has 0 fully saturated rings. The number of hydrogen-bond donors (Lipinski definition) is 0. The number of carboxylic acids is 2. The number of aromatic carboxylic acids is 2. The molecule has 0 amide bonds. The highest BCUT2D eigenvalue weighted by molar-refractivity contribution is 5.93. The predicted octanol–water partition coefficient (Wildman–Crippen LogP) is 1.88. The van der Waals surface area contributed by atoms with Gasteiger partial charge in [0, 0.05) is 5.56 Å². The van der Waals surface area contributed by atoms with E-state index in [1.807, 2.05) is 32.0 Å². The molecule has 5 nitrogen and oxygen atoms in total. The van der Waals surface area contributed by atoms with Gasteiger partial charge in [-0.05, 0) is 48.4 Å². The maximum Gasteiger partial charge on any atom is 0.127 e. The summed E-state index contributed by atoms with van der Waals surface area (Å²) in [6.07, 6.45) is 0. The van der Waals surface area contributed by atoms with Gasteiger partial charge in [0.25, 0.3) is 0 Å². The van der Waals surface area contributed by atoms with E-state index < -0.39 is 11.9 Å². The Hall–Kier alpha value is -3.34. The van der Waals surface area contributed by atoms with Gasteiger partial charge in [0.05, 0.1) is 19.0 Å². The minimum atomic E-state index is -1.21. The molecule has 0 saturated heterocycles. The van der Waals surface area contributed by atoms with Crippen molar-refractivity contribution in [3.05, 3.63) is 76.9 Å². The Morgan fingerprint density at radius 2 is 1.38 bits per heavy atom. The molecule has 0 aliphatic rings. The zero-order valence-corrected chi connectivity index (χ0v) is 14.7. The first-order chi connectivity index (χ1) is 12.3. The molecular formula is C21H18O5-2. The number of carbonyl (C=O) groups is 2. The Morgan fingerprint density at radius 1 is 0.769 bits per heavy atom. The Morgan fingerprint density at radius 3 is 2.00 bits per heavy atom.